The Morgan fingerprint density at radius 2 is 2.36 bits per heavy atom. The van der Waals surface area contributed by atoms with Gasteiger partial charge in [0.2, 0.25) is 0 Å². The lowest BCUT2D eigenvalue weighted by Crippen LogP contribution is -2.32. The fourth-order valence-corrected chi connectivity index (χ4v) is 0.902. The van der Waals surface area contributed by atoms with Crippen LogP contribution in [0.3, 0.4) is 0 Å². The summed E-state index contributed by atoms with van der Waals surface area (Å²) >= 11 is 0. The molecule has 0 amide bonds. The van der Waals surface area contributed by atoms with Crippen LogP contribution in [0, 0.1) is 11.3 Å². The van der Waals surface area contributed by atoms with Gasteiger partial charge in [-0.2, -0.15) is 5.26 Å². The van der Waals surface area contributed by atoms with E-state index in [1.807, 2.05) is 6.07 Å². The molecule has 3 N–H and O–H groups in total. The van der Waals surface area contributed by atoms with Gasteiger partial charge in [-0.05, 0) is 12.5 Å². The van der Waals surface area contributed by atoms with E-state index in [0.29, 0.717) is 5.57 Å². The minimum Gasteiger partial charge on any atom is -0.495 e. The number of nitriles is 1. The first-order valence-corrected chi connectivity index (χ1v) is 3.11. The molecule has 0 aromatic rings. The molecule has 0 saturated heterocycles. The van der Waals surface area contributed by atoms with Gasteiger partial charge in [-0.25, -0.2) is 0 Å². The summed E-state index contributed by atoms with van der Waals surface area (Å²) in [7, 11) is 0. The zero-order valence-electron chi connectivity index (χ0n) is 6.00. The van der Waals surface area contributed by atoms with Gasteiger partial charge in [-0.15, -0.1) is 0 Å². The van der Waals surface area contributed by atoms with E-state index in [1.165, 1.54) is 6.08 Å². The Labute approximate surface area is 64.1 Å². The zero-order chi connectivity index (χ0) is 8.43. The molecule has 1 aliphatic rings. The zero-order valence-corrected chi connectivity index (χ0v) is 6.00. The number of hydrogen-bond donors (Lipinski definition) is 3. The van der Waals surface area contributed by atoms with E-state index in [2.05, 4.69) is 5.32 Å². The summed E-state index contributed by atoms with van der Waals surface area (Å²) in [5.74, 6) is -0.117. The molecular weight excluding hydrogens is 144 g/mol. The first kappa shape index (κ1) is 7.63. The number of nitrogens with one attached hydrogen (secondary N) is 1. The van der Waals surface area contributed by atoms with E-state index in [-0.39, 0.29) is 11.5 Å². The molecule has 0 saturated carbocycles. The summed E-state index contributed by atoms with van der Waals surface area (Å²) < 4.78 is 0. The van der Waals surface area contributed by atoms with Gasteiger partial charge in [0, 0.05) is 6.08 Å². The maximum atomic E-state index is 9.12. The highest BCUT2D eigenvalue weighted by Gasteiger charge is 2.17. The van der Waals surface area contributed by atoms with Gasteiger partial charge in [0.1, 0.15) is 0 Å². The summed E-state index contributed by atoms with van der Waals surface area (Å²) in [5, 5.41) is 28.8. The molecule has 4 nitrogen and oxygen atoms in total. The SMILES string of the molecule is CC1=C(C#N)C(O)NC(O)=C1. The molecule has 0 aromatic heterocycles. The normalized spacial score (nSPS) is 23.7. The highest BCUT2D eigenvalue weighted by Crippen LogP contribution is 2.14. The largest absolute Gasteiger partial charge is 0.495 e. The first-order valence-electron chi connectivity index (χ1n) is 3.11. The number of aliphatic hydroxyl groups excluding tert-OH is 2. The van der Waals surface area contributed by atoms with E-state index in [0.717, 1.165) is 0 Å². The lowest BCUT2D eigenvalue weighted by molar-refractivity contribution is 0.160. The van der Waals surface area contributed by atoms with Crippen molar-refractivity contribution in [2.24, 2.45) is 0 Å². The lowest BCUT2D eigenvalue weighted by atomic mass is 10.1. The van der Waals surface area contributed by atoms with E-state index in [1.54, 1.807) is 6.92 Å². The lowest BCUT2D eigenvalue weighted by Gasteiger charge is -2.18. The molecule has 0 bridgehead atoms. The van der Waals surface area contributed by atoms with Gasteiger partial charge >= 0.3 is 0 Å². The fraction of sp³-hybridized carbons (Fsp3) is 0.286. The standard InChI is InChI=1S/C7H8N2O2/c1-4-2-6(10)9-7(11)5(4)3-8/h2,7,9-11H,1H3. The first-order chi connectivity index (χ1) is 5.15. The third-order valence-corrected chi connectivity index (χ3v) is 1.46. The average Bonchev–Trinajstić information content (AvgIpc) is 1.85. The molecule has 0 aliphatic carbocycles. The van der Waals surface area contributed by atoms with Crippen molar-refractivity contribution in [3.63, 3.8) is 0 Å². The summed E-state index contributed by atoms with van der Waals surface area (Å²) in [6, 6.07) is 1.84. The van der Waals surface area contributed by atoms with Crippen molar-refractivity contribution in [3.8, 4) is 6.07 Å². The number of nitrogens with zero attached hydrogens (tertiary/aromatic N) is 1. The number of rotatable bonds is 0. The van der Waals surface area contributed by atoms with Crippen LogP contribution >= 0.6 is 0 Å². The van der Waals surface area contributed by atoms with Crippen LogP contribution < -0.4 is 5.32 Å². The molecule has 1 aliphatic heterocycles. The Morgan fingerprint density at radius 1 is 1.73 bits per heavy atom. The van der Waals surface area contributed by atoms with Crippen molar-refractivity contribution in [2.75, 3.05) is 0 Å². The predicted molar refractivity (Wildman–Crippen MR) is 38.2 cm³/mol. The van der Waals surface area contributed by atoms with Crippen molar-refractivity contribution < 1.29 is 10.2 Å². The van der Waals surface area contributed by atoms with Crippen LogP contribution in [-0.4, -0.2) is 16.4 Å². The molecule has 11 heavy (non-hydrogen) atoms. The van der Waals surface area contributed by atoms with Crippen molar-refractivity contribution in [1.82, 2.24) is 5.32 Å². The topological polar surface area (TPSA) is 76.3 Å². The Hall–Kier alpha value is -1.47. The van der Waals surface area contributed by atoms with Crippen LogP contribution in [0.4, 0.5) is 0 Å². The molecule has 1 heterocycles. The summed E-state index contributed by atoms with van der Waals surface area (Å²) in [6.45, 7) is 1.65. The van der Waals surface area contributed by atoms with E-state index in [4.69, 9.17) is 15.5 Å². The molecule has 1 atom stereocenters. The van der Waals surface area contributed by atoms with E-state index in [9.17, 15) is 0 Å². The third kappa shape index (κ3) is 1.33. The van der Waals surface area contributed by atoms with Crippen molar-refractivity contribution in [2.45, 2.75) is 13.2 Å². The van der Waals surface area contributed by atoms with Gasteiger partial charge < -0.3 is 15.5 Å². The third-order valence-electron chi connectivity index (χ3n) is 1.46. The van der Waals surface area contributed by atoms with Gasteiger partial charge in [0.15, 0.2) is 12.1 Å². The summed E-state index contributed by atoms with van der Waals surface area (Å²) in [5.41, 5.74) is 0.819. The van der Waals surface area contributed by atoms with Gasteiger partial charge in [0.05, 0.1) is 11.6 Å². The van der Waals surface area contributed by atoms with E-state index < -0.39 is 6.23 Å². The van der Waals surface area contributed by atoms with Crippen LogP contribution in [0.5, 0.6) is 0 Å². The molecule has 0 radical (unpaired) electrons. The monoisotopic (exact) mass is 152 g/mol. The molecule has 0 aromatic carbocycles. The summed E-state index contributed by atoms with van der Waals surface area (Å²) in [4.78, 5) is 0. The highest BCUT2D eigenvalue weighted by atomic mass is 16.3. The van der Waals surface area contributed by atoms with Gasteiger partial charge in [0.25, 0.3) is 0 Å². The maximum absolute atomic E-state index is 9.12. The quantitative estimate of drug-likeness (QED) is 0.461. The fourth-order valence-electron chi connectivity index (χ4n) is 0.902. The van der Waals surface area contributed by atoms with Gasteiger partial charge in [-0.1, -0.05) is 0 Å². The second kappa shape index (κ2) is 2.64. The Kier molecular flexibility index (Phi) is 1.83. The molecule has 0 fully saturated rings. The molecule has 1 rings (SSSR count). The molecule has 1 unspecified atom stereocenters. The molecule has 58 valence electrons. The number of dihydropyridines is 1. The number of allylic oxidation sites excluding steroid dienone is 2. The van der Waals surface area contributed by atoms with Gasteiger partial charge in [-0.3, -0.25) is 0 Å². The smallest absolute Gasteiger partial charge is 0.186 e. The number of hydrogen-bond acceptors (Lipinski definition) is 4. The van der Waals surface area contributed by atoms with Crippen LogP contribution in [0.15, 0.2) is 23.1 Å². The minimum atomic E-state index is -1.08. The molecule has 4 heteroatoms. The van der Waals surface area contributed by atoms with Crippen LogP contribution in [0.25, 0.3) is 0 Å². The predicted octanol–water partition coefficient (Wildman–Crippen LogP) is 0.147. The van der Waals surface area contributed by atoms with Crippen molar-refractivity contribution >= 4 is 0 Å². The average molecular weight is 152 g/mol. The van der Waals surface area contributed by atoms with E-state index >= 15 is 0 Å². The second-order valence-electron chi connectivity index (χ2n) is 2.28. The summed E-state index contributed by atoms with van der Waals surface area (Å²) in [6.07, 6.45) is 0.315. The molecule has 0 spiro atoms. The Morgan fingerprint density at radius 3 is 2.82 bits per heavy atom. The van der Waals surface area contributed by atoms with Crippen LogP contribution in [-0.2, 0) is 0 Å². The second-order valence-corrected chi connectivity index (χ2v) is 2.28. The Bertz CT molecular complexity index is 273. The van der Waals surface area contributed by atoms with Crippen LogP contribution in [0.2, 0.25) is 0 Å². The Balaban J connectivity index is 3.04. The molecular formula is C7H8N2O2. The maximum Gasteiger partial charge on any atom is 0.186 e. The van der Waals surface area contributed by atoms with Crippen molar-refractivity contribution in [3.05, 3.63) is 23.1 Å². The number of aliphatic hydroxyl groups is 2. The minimum absolute atomic E-state index is 0.117. The van der Waals surface area contributed by atoms with Crippen LogP contribution in [0.1, 0.15) is 6.92 Å². The highest BCUT2D eigenvalue weighted by molar-refractivity contribution is 5.39. The van der Waals surface area contributed by atoms with Crippen molar-refractivity contribution in [1.29, 1.82) is 5.26 Å².